The molecule has 0 aromatic heterocycles. The van der Waals surface area contributed by atoms with Crippen LogP contribution < -0.4 is 5.32 Å². The molecule has 0 spiro atoms. The van der Waals surface area contributed by atoms with Crippen LogP contribution in [0.15, 0.2) is 0 Å². The van der Waals surface area contributed by atoms with Gasteiger partial charge in [0.2, 0.25) is 0 Å². The van der Waals surface area contributed by atoms with Crippen molar-refractivity contribution in [2.45, 2.75) is 77.5 Å². The van der Waals surface area contributed by atoms with Crippen molar-refractivity contribution in [2.75, 3.05) is 6.61 Å². The van der Waals surface area contributed by atoms with E-state index < -0.39 is 0 Å². The maximum Gasteiger partial charge on any atom is 0.119 e. The topological polar surface area (TPSA) is 21.3 Å². The largest absolute Gasteiger partial charge is 0.359 e. The Kier molecular flexibility index (Phi) is 4.60. The summed E-state index contributed by atoms with van der Waals surface area (Å²) in [5.74, 6) is 0. The summed E-state index contributed by atoms with van der Waals surface area (Å²) in [7, 11) is 0. The van der Waals surface area contributed by atoms with Crippen LogP contribution in [0.5, 0.6) is 0 Å². The quantitative estimate of drug-likeness (QED) is 0.729. The van der Waals surface area contributed by atoms with Crippen molar-refractivity contribution in [3.05, 3.63) is 0 Å². The van der Waals surface area contributed by atoms with E-state index in [1.165, 1.54) is 25.7 Å². The molecule has 90 valence electrons. The summed E-state index contributed by atoms with van der Waals surface area (Å²) in [5.41, 5.74) is 0.136. The van der Waals surface area contributed by atoms with Crippen LogP contribution >= 0.6 is 0 Å². The predicted octanol–water partition coefficient (Wildman–Crippen LogP) is 3.46. The van der Waals surface area contributed by atoms with Crippen LogP contribution in [0.1, 0.15) is 66.2 Å². The van der Waals surface area contributed by atoms with Gasteiger partial charge in [-0.05, 0) is 39.5 Å². The molecule has 0 aromatic carbocycles. The lowest BCUT2D eigenvalue weighted by Gasteiger charge is -2.31. The molecule has 2 nitrogen and oxygen atoms in total. The van der Waals surface area contributed by atoms with Gasteiger partial charge in [-0.3, -0.25) is 5.32 Å². The van der Waals surface area contributed by atoms with Gasteiger partial charge in [0.25, 0.3) is 0 Å². The van der Waals surface area contributed by atoms with Crippen molar-refractivity contribution in [1.82, 2.24) is 5.32 Å². The highest BCUT2D eigenvalue weighted by Gasteiger charge is 2.42. The van der Waals surface area contributed by atoms with Gasteiger partial charge in [-0.25, -0.2) is 0 Å². The Morgan fingerprint density at radius 3 is 1.93 bits per heavy atom. The van der Waals surface area contributed by atoms with Crippen molar-refractivity contribution < 1.29 is 4.74 Å². The van der Waals surface area contributed by atoms with Crippen LogP contribution in [-0.2, 0) is 4.74 Å². The van der Waals surface area contributed by atoms with Crippen LogP contribution in [0.2, 0.25) is 0 Å². The van der Waals surface area contributed by atoms with Crippen molar-refractivity contribution in [3.63, 3.8) is 0 Å². The summed E-state index contributed by atoms with van der Waals surface area (Å²) in [4.78, 5) is 0. The Labute approximate surface area is 94.8 Å². The van der Waals surface area contributed by atoms with Crippen LogP contribution in [0.3, 0.4) is 0 Å². The molecule has 0 saturated carbocycles. The summed E-state index contributed by atoms with van der Waals surface area (Å²) < 4.78 is 6.05. The monoisotopic (exact) mass is 213 g/mol. The third kappa shape index (κ3) is 3.76. The summed E-state index contributed by atoms with van der Waals surface area (Å²) in [5, 5.41) is 3.69. The predicted molar refractivity (Wildman–Crippen MR) is 64.9 cm³/mol. The average molecular weight is 213 g/mol. The first-order valence-corrected chi connectivity index (χ1v) is 6.47. The summed E-state index contributed by atoms with van der Waals surface area (Å²) >= 11 is 0. The number of ether oxygens (including phenoxy) is 1. The lowest BCUT2D eigenvalue weighted by molar-refractivity contribution is -0.0270. The molecule has 0 aromatic rings. The molecule has 0 amide bonds. The van der Waals surface area contributed by atoms with Crippen molar-refractivity contribution in [1.29, 1.82) is 0 Å². The highest BCUT2D eigenvalue weighted by Crippen LogP contribution is 2.32. The molecule has 1 N–H and O–H groups in total. The zero-order chi connectivity index (χ0) is 11.4. The van der Waals surface area contributed by atoms with Crippen LogP contribution in [0, 0.1) is 0 Å². The maximum atomic E-state index is 6.05. The van der Waals surface area contributed by atoms with Crippen LogP contribution in [0.4, 0.5) is 0 Å². The van der Waals surface area contributed by atoms with Crippen molar-refractivity contribution >= 4 is 0 Å². The van der Waals surface area contributed by atoms with E-state index in [0.29, 0.717) is 0 Å². The van der Waals surface area contributed by atoms with Gasteiger partial charge in [0.15, 0.2) is 0 Å². The second-order valence-corrected chi connectivity index (χ2v) is 5.50. The SMILES string of the molecule is CCCCC1(CCCC)NC(C)(C)CO1. The molecule has 1 aliphatic rings. The molecule has 0 radical (unpaired) electrons. The van der Waals surface area contributed by atoms with Gasteiger partial charge in [-0.1, -0.05) is 26.7 Å². The molecule has 1 saturated heterocycles. The maximum absolute atomic E-state index is 6.05. The van der Waals surface area contributed by atoms with E-state index in [4.69, 9.17) is 4.74 Å². The van der Waals surface area contributed by atoms with Crippen molar-refractivity contribution in [2.24, 2.45) is 0 Å². The fourth-order valence-electron chi connectivity index (χ4n) is 2.33. The fraction of sp³-hybridized carbons (Fsp3) is 1.00. The standard InChI is InChI=1S/C13H27NO/c1-5-7-9-13(10-8-6-2)14-12(3,4)11-15-13/h14H,5-11H2,1-4H3. The Morgan fingerprint density at radius 1 is 1.07 bits per heavy atom. The molecule has 1 heterocycles. The van der Waals surface area contributed by atoms with E-state index in [1.807, 2.05) is 0 Å². The lowest BCUT2D eigenvalue weighted by atomic mass is 9.97. The normalized spacial score (nSPS) is 23.2. The first-order valence-electron chi connectivity index (χ1n) is 6.47. The van der Waals surface area contributed by atoms with Gasteiger partial charge in [-0.2, -0.15) is 0 Å². The summed E-state index contributed by atoms with van der Waals surface area (Å²) in [6, 6.07) is 0. The van der Waals surface area contributed by atoms with Gasteiger partial charge in [0.05, 0.1) is 6.61 Å². The molecule has 15 heavy (non-hydrogen) atoms. The molecular formula is C13H27NO. The third-order valence-corrected chi connectivity index (χ3v) is 3.14. The Bertz CT molecular complexity index is 181. The average Bonchev–Trinajstić information content (AvgIpc) is 2.49. The number of rotatable bonds is 6. The number of hydrogen-bond donors (Lipinski definition) is 1. The molecule has 1 rings (SSSR count). The number of nitrogens with one attached hydrogen (secondary N) is 1. The van der Waals surface area contributed by atoms with E-state index in [9.17, 15) is 0 Å². The minimum absolute atomic E-state index is 0.0183. The molecule has 2 heteroatoms. The van der Waals surface area contributed by atoms with E-state index in [1.54, 1.807) is 0 Å². The Hall–Kier alpha value is -0.0800. The van der Waals surface area contributed by atoms with Crippen molar-refractivity contribution in [3.8, 4) is 0 Å². The Morgan fingerprint density at radius 2 is 1.60 bits per heavy atom. The van der Waals surface area contributed by atoms with Gasteiger partial charge < -0.3 is 4.74 Å². The first kappa shape index (κ1) is 13.0. The van der Waals surface area contributed by atoms with Gasteiger partial charge in [-0.15, -0.1) is 0 Å². The minimum atomic E-state index is -0.0183. The van der Waals surface area contributed by atoms with Gasteiger partial charge in [0.1, 0.15) is 5.72 Å². The molecule has 1 fully saturated rings. The first-order chi connectivity index (χ1) is 7.04. The van der Waals surface area contributed by atoms with E-state index in [0.717, 1.165) is 19.4 Å². The van der Waals surface area contributed by atoms with Crippen LogP contribution in [-0.4, -0.2) is 17.9 Å². The van der Waals surface area contributed by atoms with Crippen LogP contribution in [0.25, 0.3) is 0 Å². The molecular weight excluding hydrogens is 186 g/mol. The number of unbranched alkanes of at least 4 members (excludes halogenated alkanes) is 2. The molecule has 0 unspecified atom stereocenters. The second kappa shape index (κ2) is 5.31. The zero-order valence-electron chi connectivity index (χ0n) is 10.9. The molecule has 0 bridgehead atoms. The van der Waals surface area contributed by atoms with E-state index in [2.05, 4.69) is 33.0 Å². The van der Waals surface area contributed by atoms with Gasteiger partial charge in [0, 0.05) is 5.54 Å². The molecule has 1 aliphatic heterocycles. The van der Waals surface area contributed by atoms with Gasteiger partial charge >= 0.3 is 0 Å². The second-order valence-electron chi connectivity index (χ2n) is 5.50. The third-order valence-electron chi connectivity index (χ3n) is 3.14. The van der Waals surface area contributed by atoms with E-state index >= 15 is 0 Å². The van der Waals surface area contributed by atoms with E-state index in [-0.39, 0.29) is 11.3 Å². The zero-order valence-corrected chi connectivity index (χ0v) is 10.9. The molecule has 0 atom stereocenters. The smallest absolute Gasteiger partial charge is 0.119 e. The fourth-order valence-corrected chi connectivity index (χ4v) is 2.33. The minimum Gasteiger partial charge on any atom is -0.359 e. The Balaban J connectivity index is 2.53. The lowest BCUT2D eigenvalue weighted by Crippen LogP contribution is -2.48. The summed E-state index contributed by atoms with van der Waals surface area (Å²) in [6.07, 6.45) is 7.33. The highest BCUT2D eigenvalue weighted by molar-refractivity contribution is 4.94. The summed E-state index contributed by atoms with van der Waals surface area (Å²) in [6.45, 7) is 9.79. The molecule has 0 aliphatic carbocycles. The number of hydrogen-bond acceptors (Lipinski definition) is 2. The highest BCUT2D eigenvalue weighted by atomic mass is 16.5.